The number of nitrogens with zero attached hydrogens (tertiary/aromatic N) is 3. The number of hydrogen-bond acceptors (Lipinski definition) is 5. The van der Waals surface area contributed by atoms with Crippen LogP contribution in [0.5, 0.6) is 0 Å². The van der Waals surface area contributed by atoms with E-state index in [0.29, 0.717) is 12.6 Å². The van der Waals surface area contributed by atoms with Gasteiger partial charge in [0.2, 0.25) is 11.8 Å². The summed E-state index contributed by atoms with van der Waals surface area (Å²) in [7, 11) is 1.72. The number of amides is 2. The van der Waals surface area contributed by atoms with Crippen LogP contribution in [-0.4, -0.2) is 91.6 Å². The summed E-state index contributed by atoms with van der Waals surface area (Å²) in [4.78, 5) is 30.7. The average Bonchev–Trinajstić information content (AvgIpc) is 2.59. The fourth-order valence-corrected chi connectivity index (χ4v) is 3.75. The topological polar surface area (TPSA) is 79.1 Å². The second-order valence-corrected chi connectivity index (χ2v) is 7.07. The van der Waals surface area contributed by atoms with Crippen LogP contribution in [0.3, 0.4) is 0 Å². The van der Waals surface area contributed by atoms with E-state index in [1.165, 1.54) is 0 Å². The Morgan fingerprint density at radius 2 is 2.00 bits per heavy atom. The summed E-state index contributed by atoms with van der Waals surface area (Å²) in [5.74, 6) is -0.362. The number of primary amides is 1. The Bertz CT molecular complexity index is 446. The van der Waals surface area contributed by atoms with Crippen molar-refractivity contribution in [3.05, 3.63) is 0 Å². The number of piperidine rings is 1. The first kappa shape index (κ1) is 19.1. The van der Waals surface area contributed by atoms with Gasteiger partial charge in [0.1, 0.15) is 0 Å². The zero-order valence-electron chi connectivity index (χ0n) is 15.2. The molecule has 0 bridgehead atoms. The van der Waals surface area contributed by atoms with Gasteiger partial charge in [-0.3, -0.25) is 19.4 Å². The Kier molecular flexibility index (Phi) is 7.01. The molecule has 0 radical (unpaired) electrons. The Hall–Kier alpha value is -1.18. The van der Waals surface area contributed by atoms with Crippen molar-refractivity contribution in [1.82, 2.24) is 14.7 Å². The minimum atomic E-state index is -0.291. The maximum atomic E-state index is 12.8. The molecule has 2 heterocycles. The molecule has 2 aliphatic heterocycles. The Morgan fingerprint density at radius 1 is 1.25 bits per heavy atom. The van der Waals surface area contributed by atoms with Crippen LogP contribution in [0.25, 0.3) is 0 Å². The average molecular weight is 340 g/mol. The first-order valence-corrected chi connectivity index (χ1v) is 8.99. The molecule has 0 unspecified atom stereocenters. The van der Waals surface area contributed by atoms with Crippen LogP contribution in [0.2, 0.25) is 0 Å². The first-order valence-electron chi connectivity index (χ1n) is 8.99. The maximum Gasteiger partial charge on any atom is 0.239 e. The molecule has 7 heteroatoms. The van der Waals surface area contributed by atoms with E-state index < -0.39 is 0 Å². The summed E-state index contributed by atoms with van der Waals surface area (Å²) in [6.07, 6.45) is 1.65. The number of rotatable bonds is 6. The quantitative estimate of drug-likeness (QED) is 0.721. The van der Waals surface area contributed by atoms with Crippen molar-refractivity contribution in [2.75, 3.05) is 53.0 Å². The third-order valence-electron chi connectivity index (χ3n) is 5.42. The Labute approximate surface area is 145 Å². The van der Waals surface area contributed by atoms with E-state index in [0.717, 1.165) is 52.2 Å². The van der Waals surface area contributed by atoms with Gasteiger partial charge in [0.05, 0.1) is 18.6 Å². The third-order valence-corrected chi connectivity index (χ3v) is 5.42. The lowest BCUT2D eigenvalue weighted by Gasteiger charge is -2.43. The van der Waals surface area contributed by atoms with Crippen LogP contribution in [0, 0.1) is 5.92 Å². The number of methoxy groups -OCH3 is 1. The molecule has 2 aliphatic rings. The van der Waals surface area contributed by atoms with Crippen molar-refractivity contribution in [3.63, 3.8) is 0 Å². The summed E-state index contributed by atoms with van der Waals surface area (Å²) in [5, 5.41) is 0. The molecule has 0 spiro atoms. The smallest absolute Gasteiger partial charge is 0.239 e. The molecule has 2 amide bonds. The van der Waals surface area contributed by atoms with Crippen molar-refractivity contribution >= 4 is 11.8 Å². The van der Waals surface area contributed by atoms with Gasteiger partial charge in [-0.1, -0.05) is 0 Å². The molecule has 7 nitrogen and oxygen atoms in total. The van der Waals surface area contributed by atoms with E-state index in [9.17, 15) is 9.59 Å². The van der Waals surface area contributed by atoms with Crippen molar-refractivity contribution < 1.29 is 14.3 Å². The summed E-state index contributed by atoms with van der Waals surface area (Å²) in [6, 6.07) is 0.257. The van der Waals surface area contributed by atoms with Crippen LogP contribution < -0.4 is 5.73 Å². The van der Waals surface area contributed by atoms with Gasteiger partial charge in [-0.05, 0) is 26.7 Å². The number of hydrogen-bond donors (Lipinski definition) is 1. The number of ether oxygens (including phenoxy) is 1. The molecule has 2 fully saturated rings. The van der Waals surface area contributed by atoms with E-state index in [2.05, 4.69) is 16.7 Å². The van der Waals surface area contributed by atoms with E-state index in [1.807, 2.05) is 11.8 Å². The molecule has 0 aliphatic carbocycles. The van der Waals surface area contributed by atoms with Gasteiger partial charge in [0, 0.05) is 52.4 Å². The molecule has 2 N–H and O–H groups in total. The van der Waals surface area contributed by atoms with Gasteiger partial charge in [0.15, 0.2) is 0 Å². The predicted molar refractivity (Wildman–Crippen MR) is 92.4 cm³/mol. The molecule has 0 aromatic carbocycles. The Balaban J connectivity index is 1.88. The van der Waals surface area contributed by atoms with Gasteiger partial charge >= 0.3 is 0 Å². The van der Waals surface area contributed by atoms with Crippen molar-refractivity contribution in [3.8, 4) is 0 Å². The molecule has 2 saturated heterocycles. The highest BCUT2D eigenvalue weighted by Crippen LogP contribution is 2.19. The highest BCUT2D eigenvalue weighted by Gasteiger charge is 2.34. The fraction of sp³-hybridized carbons (Fsp3) is 0.882. The lowest BCUT2D eigenvalue weighted by atomic mass is 9.97. The minimum absolute atomic E-state index is 0.124. The third kappa shape index (κ3) is 4.68. The molecule has 138 valence electrons. The van der Waals surface area contributed by atoms with Crippen LogP contribution in [0.4, 0.5) is 0 Å². The molecule has 0 saturated carbocycles. The van der Waals surface area contributed by atoms with Crippen LogP contribution in [0.1, 0.15) is 26.7 Å². The van der Waals surface area contributed by atoms with E-state index in [4.69, 9.17) is 10.5 Å². The van der Waals surface area contributed by atoms with E-state index >= 15 is 0 Å². The van der Waals surface area contributed by atoms with E-state index in [-0.39, 0.29) is 23.8 Å². The first-order chi connectivity index (χ1) is 11.4. The number of carbonyl (C=O) groups excluding carboxylic acids is 2. The van der Waals surface area contributed by atoms with Crippen molar-refractivity contribution in [2.45, 2.75) is 38.8 Å². The number of nitrogens with two attached hydrogens (primary N) is 1. The summed E-state index contributed by atoms with van der Waals surface area (Å²) >= 11 is 0. The predicted octanol–water partition coefficient (Wildman–Crippen LogP) is -0.249. The van der Waals surface area contributed by atoms with Gasteiger partial charge in [-0.25, -0.2) is 0 Å². The second-order valence-electron chi connectivity index (χ2n) is 7.07. The molecule has 24 heavy (non-hydrogen) atoms. The summed E-state index contributed by atoms with van der Waals surface area (Å²) in [6.45, 7) is 9.76. The SMILES string of the molecule is COCCN1CCN([C@H](C)C(=O)N2CCC[C@@H](C(N)=O)C2)C[C@H]1C. The molecule has 0 aromatic heterocycles. The number of likely N-dealkylation sites (tertiary alicyclic amines) is 1. The van der Waals surface area contributed by atoms with Crippen molar-refractivity contribution in [1.29, 1.82) is 0 Å². The molecular weight excluding hydrogens is 308 g/mol. The monoisotopic (exact) mass is 340 g/mol. The zero-order valence-corrected chi connectivity index (χ0v) is 15.2. The zero-order chi connectivity index (χ0) is 17.7. The van der Waals surface area contributed by atoms with Gasteiger partial charge in [0.25, 0.3) is 0 Å². The number of piperazine rings is 1. The lowest BCUT2D eigenvalue weighted by Crippen LogP contribution is -2.59. The lowest BCUT2D eigenvalue weighted by molar-refractivity contribution is -0.140. The van der Waals surface area contributed by atoms with Crippen molar-refractivity contribution in [2.24, 2.45) is 11.7 Å². The maximum absolute atomic E-state index is 12.8. The molecule has 2 rings (SSSR count). The Morgan fingerprint density at radius 3 is 2.62 bits per heavy atom. The highest BCUT2D eigenvalue weighted by atomic mass is 16.5. The second kappa shape index (κ2) is 8.78. The molecule has 3 atom stereocenters. The number of carbonyl (C=O) groups is 2. The standard InChI is InChI=1S/C17H32N4O3/c1-13-11-20(8-7-19(13)9-10-24-3)14(2)17(23)21-6-4-5-15(12-21)16(18)22/h13-15H,4-12H2,1-3H3,(H2,18,22)/t13-,14-,15-/m1/s1. The van der Waals surface area contributed by atoms with Crippen LogP contribution in [0.15, 0.2) is 0 Å². The summed E-state index contributed by atoms with van der Waals surface area (Å²) in [5.41, 5.74) is 5.42. The van der Waals surface area contributed by atoms with Gasteiger partial charge in [-0.2, -0.15) is 0 Å². The van der Waals surface area contributed by atoms with E-state index in [1.54, 1.807) is 7.11 Å². The highest BCUT2D eigenvalue weighted by molar-refractivity contribution is 5.83. The summed E-state index contributed by atoms with van der Waals surface area (Å²) < 4.78 is 5.16. The minimum Gasteiger partial charge on any atom is -0.383 e. The fourth-order valence-electron chi connectivity index (χ4n) is 3.75. The molecular formula is C17H32N4O3. The normalized spacial score (nSPS) is 27.9. The molecule has 0 aromatic rings. The van der Waals surface area contributed by atoms with Gasteiger partial charge in [-0.15, -0.1) is 0 Å². The largest absolute Gasteiger partial charge is 0.383 e. The van der Waals surface area contributed by atoms with Gasteiger partial charge < -0.3 is 15.4 Å². The van der Waals surface area contributed by atoms with Crippen LogP contribution >= 0.6 is 0 Å². The van der Waals surface area contributed by atoms with Crippen LogP contribution in [-0.2, 0) is 14.3 Å².